The maximum Gasteiger partial charge on any atom is 0.313 e. The predicted octanol–water partition coefficient (Wildman–Crippen LogP) is 3.79. The van der Waals surface area contributed by atoms with E-state index in [4.69, 9.17) is 0 Å². The van der Waals surface area contributed by atoms with Gasteiger partial charge >= 0.3 is 11.8 Å². The number of nitrogens with one attached hydrogen (secondary N) is 2. The molecule has 1 aliphatic rings. The molecule has 0 aromatic heterocycles. The molecule has 0 bridgehead atoms. The summed E-state index contributed by atoms with van der Waals surface area (Å²) in [6, 6.07) is 4.40. The van der Waals surface area contributed by atoms with Gasteiger partial charge in [-0.25, -0.2) is 4.39 Å². The second-order valence-corrected chi connectivity index (χ2v) is 7.81. The number of hydrogen-bond acceptors (Lipinski definition) is 2. The van der Waals surface area contributed by atoms with E-state index in [9.17, 15) is 14.0 Å². The number of anilines is 1. The quantitative estimate of drug-likeness (QED) is 0.808. The number of carbonyl (C=O) groups is 2. The Morgan fingerprint density at radius 3 is 2.25 bits per heavy atom. The molecule has 0 aliphatic heterocycles. The number of carbonyl (C=O) groups excluding carboxylic acids is 2. The smallest absolute Gasteiger partial charge is 0.313 e. The van der Waals surface area contributed by atoms with Gasteiger partial charge in [0.25, 0.3) is 0 Å². The van der Waals surface area contributed by atoms with Crippen LogP contribution in [-0.4, -0.2) is 17.9 Å². The highest BCUT2D eigenvalue weighted by molar-refractivity contribution is 6.39. The second-order valence-electron chi connectivity index (χ2n) is 7.81. The van der Waals surface area contributed by atoms with Crippen molar-refractivity contribution < 1.29 is 14.0 Å². The van der Waals surface area contributed by atoms with Gasteiger partial charge in [0, 0.05) is 11.7 Å². The summed E-state index contributed by atoms with van der Waals surface area (Å²) >= 11 is 0. The molecule has 2 N–H and O–H groups in total. The lowest BCUT2D eigenvalue weighted by Crippen LogP contribution is -2.44. The van der Waals surface area contributed by atoms with Crippen LogP contribution in [0.4, 0.5) is 10.1 Å². The van der Waals surface area contributed by atoms with E-state index < -0.39 is 17.6 Å². The average molecular weight is 334 g/mol. The SMILES string of the molecule is Cc1ccc(NC(=O)C(=O)NC2CCC(C(C)(C)C)CC2)cc1F. The van der Waals surface area contributed by atoms with Gasteiger partial charge in [0.05, 0.1) is 0 Å². The zero-order valence-corrected chi connectivity index (χ0v) is 14.9. The fourth-order valence-electron chi connectivity index (χ4n) is 3.21. The van der Waals surface area contributed by atoms with Crippen molar-refractivity contribution in [3.63, 3.8) is 0 Å². The molecule has 0 saturated heterocycles. The highest BCUT2D eigenvalue weighted by Crippen LogP contribution is 2.37. The Kier molecular flexibility index (Phi) is 5.62. The van der Waals surface area contributed by atoms with Crippen LogP contribution in [0.1, 0.15) is 52.0 Å². The predicted molar refractivity (Wildman–Crippen MR) is 93.1 cm³/mol. The second kappa shape index (κ2) is 7.32. The summed E-state index contributed by atoms with van der Waals surface area (Å²) in [5, 5.41) is 5.23. The summed E-state index contributed by atoms with van der Waals surface area (Å²) in [4.78, 5) is 24.0. The van der Waals surface area contributed by atoms with Crippen molar-refractivity contribution in [2.24, 2.45) is 11.3 Å². The largest absolute Gasteiger partial charge is 0.345 e. The van der Waals surface area contributed by atoms with E-state index in [2.05, 4.69) is 31.4 Å². The fraction of sp³-hybridized carbons (Fsp3) is 0.579. The van der Waals surface area contributed by atoms with Crippen LogP contribution in [0.3, 0.4) is 0 Å². The number of amides is 2. The Labute approximate surface area is 143 Å². The summed E-state index contributed by atoms with van der Waals surface area (Å²) in [7, 11) is 0. The standard InChI is InChI=1S/C19H27FN2O2/c1-12-5-8-15(11-16(12)20)22-18(24)17(23)21-14-9-6-13(7-10-14)19(2,3)4/h5,8,11,13-14H,6-7,9-10H2,1-4H3,(H,21,23)(H,22,24). The first kappa shape index (κ1) is 18.4. The third-order valence-corrected chi connectivity index (χ3v) is 4.92. The van der Waals surface area contributed by atoms with Gasteiger partial charge in [-0.05, 0) is 61.6 Å². The number of halogens is 1. The van der Waals surface area contributed by atoms with Crippen LogP contribution in [-0.2, 0) is 9.59 Å². The van der Waals surface area contributed by atoms with E-state index >= 15 is 0 Å². The minimum atomic E-state index is -0.754. The van der Waals surface area contributed by atoms with E-state index in [1.54, 1.807) is 19.1 Å². The molecule has 0 atom stereocenters. The van der Waals surface area contributed by atoms with Crippen molar-refractivity contribution in [3.05, 3.63) is 29.6 Å². The zero-order valence-electron chi connectivity index (χ0n) is 14.9. The Hall–Kier alpha value is -1.91. The van der Waals surface area contributed by atoms with E-state index in [1.807, 2.05) is 0 Å². The van der Waals surface area contributed by atoms with E-state index in [0.29, 0.717) is 11.5 Å². The van der Waals surface area contributed by atoms with Gasteiger partial charge in [0.1, 0.15) is 5.82 Å². The molecule has 0 heterocycles. The van der Waals surface area contributed by atoms with Gasteiger partial charge in [-0.15, -0.1) is 0 Å². The first-order chi connectivity index (χ1) is 11.2. The van der Waals surface area contributed by atoms with Crippen molar-refractivity contribution in [1.82, 2.24) is 5.32 Å². The van der Waals surface area contributed by atoms with Crippen molar-refractivity contribution in [1.29, 1.82) is 0 Å². The van der Waals surface area contributed by atoms with Crippen LogP contribution in [0.2, 0.25) is 0 Å². The molecular weight excluding hydrogens is 307 g/mol. The highest BCUT2D eigenvalue weighted by atomic mass is 19.1. The summed E-state index contributed by atoms with van der Waals surface area (Å²) < 4.78 is 13.5. The molecule has 1 aliphatic carbocycles. The van der Waals surface area contributed by atoms with E-state index in [1.165, 1.54) is 6.07 Å². The molecule has 2 rings (SSSR count). The summed E-state index contributed by atoms with van der Waals surface area (Å²) in [5.74, 6) is -1.17. The van der Waals surface area contributed by atoms with E-state index in [-0.39, 0.29) is 17.1 Å². The van der Waals surface area contributed by atoms with Crippen molar-refractivity contribution >= 4 is 17.5 Å². The molecule has 24 heavy (non-hydrogen) atoms. The Balaban J connectivity index is 1.84. The topological polar surface area (TPSA) is 58.2 Å². The monoisotopic (exact) mass is 334 g/mol. The lowest BCUT2D eigenvalue weighted by molar-refractivity contribution is -0.136. The Morgan fingerprint density at radius 2 is 1.71 bits per heavy atom. The highest BCUT2D eigenvalue weighted by Gasteiger charge is 2.30. The minimum Gasteiger partial charge on any atom is -0.345 e. The normalized spacial score (nSPS) is 21.2. The molecule has 0 unspecified atom stereocenters. The van der Waals surface area contributed by atoms with Crippen molar-refractivity contribution in [2.45, 2.75) is 59.4 Å². The summed E-state index contributed by atoms with van der Waals surface area (Å²) in [6.07, 6.45) is 3.89. The molecular formula is C19H27FN2O2. The molecule has 0 radical (unpaired) electrons. The van der Waals surface area contributed by atoms with Crippen LogP contribution >= 0.6 is 0 Å². The summed E-state index contributed by atoms with van der Waals surface area (Å²) in [5.41, 5.74) is 1.06. The Bertz CT molecular complexity index is 614. The lowest BCUT2D eigenvalue weighted by atomic mass is 9.71. The van der Waals surface area contributed by atoms with Crippen LogP contribution in [0, 0.1) is 24.1 Å². The first-order valence-corrected chi connectivity index (χ1v) is 8.55. The van der Waals surface area contributed by atoms with Gasteiger partial charge in [-0.2, -0.15) is 0 Å². The van der Waals surface area contributed by atoms with E-state index in [0.717, 1.165) is 25.7 Å². The molecule has 132 valence electrons. The third kappa shape index (κ3) is 4.79. The number of hydrogen-bond donors (Lipinski definition) is 2. The molecule has 1 aromatic carbocycles. The molecule has 5 heteroatoms. The van der Waals surface area contributed by atoms with Crippen molar-refractivity contribution in [2.75, 3.05) is 5.32 Å². The molecule has 1 fully saturated rings. The third-order valence-electron chi connectivity index (χ3n) is 4.92. The number of rotatable bonds is 2. The Morgan fingerprint density at radius 1 is 1.08 bits per heavy atom. The van der Waals surface area contributed by atoms with Gasteiger partial charge in [0.15, 0.2) is 0 Å². The maximum absolute atomic E-state index is 13.5. The van der Waals surface area contributed by atoms with Gasteiger partial charge in [-0.3, -0.25) is 9.59 Å². The summed E-state index contributed by atoms with van der Waals surface area (Å²) in [6.45, 7) is 8.36. The maximum atomic E-state index is 13.5. The fourth-order valence-corrected chi connectivity index (χ4v) is 3.21. The first-order valence-electron chi connectivity index (χ1n) is 8.55. The van der Waals surface area contributed by atoms with Crippen LogP contribution in [0.25, 0.3) is 0 Å². The number of benzene rings is 1. The molecule has 1 saturated carbocycles. The molecule has 0 spiro atoms. The molecule has 4 nitrogen and oxygen atoms in total. The van der Waals surface area contributed by atoms with Crippen LogP contribution in [0.15, 0.2) is 18.2 Å². The number of aryl methyl sites for hydroxylation is 1. The van der Waals surface area contributed by atoms with Gasteiger partial charge < -0.3 is 10.6 Å². The van der Waals surface area contributed by atoms with Gasteiger partial charge in [0.2, 0.25) is 0 Å². The lowest BCUT2D eigenvalue weighted by Gasteiger charge is -2.37. The minimum absolute atomic E-state index is 0.0385. The van der Waals surface area contributed by atoms with Gasteiger partial charge in [-0.1, -0.05) is 26.8 Å². The van der Waals surface area contributed by atoms with Crippen LogP contribution < -0.4 is 10.6 Å². The molecule has 2 amide bonds. The van der Waals surface area contributed by atoms with Crippen LogP contribution in [0.5, 0.6) is 0 Å². The average Bonchev–Trinajstić information content (AvgIpc) is 2.50. The molecule has 1 aromatic rings. The van der Waals surface area contributed by atoms with Crippen molar-refractivity contribution in [3.8, 4) is 0 Å². The zero-order chi connectivity index (χ0) is 17.9.